The molecule has 5 nitrogen and oxygen atoms in total. The first-order valence-corrected chi connectivity index (χ1v) is 5.32. The Labute approximate surface area is 90.2 Å². The second-order valence-electron chi connectivity index (χ2n) is 4.04. The standard InChI is InChI=1S/C10H19N3O2/c1-11-9(14)10(15)12-7-8-3-5-13(2)6-4-8/h8H,3-7H2,1-2H3,(H,11,14)(H,12,15). The van der Waals surface area contributed by atoms with Gasteiger partial charge in [-0.3, -0.25) is 9.59 Å². The summed E-state index contributed by atoms with van der Waals surface area (Å²) in [4.78, 5) is 24.3. The third-order valence-corrected chi connectivity index (χ3v) is 2.82. The van der Waals surface area contributed by atoms with Gasteiger partial charge in [0, 0.05) is 13.6 Å². The third kappa shape index (κ3) is 3.87. The molecule has 86 valence electrons. The van der Waals surface area contributed by atoms with Crippen molar-refractivity contribution in [3.63, 3.8) is 0 Å². The molecule has 0 unspecified atom stereocenters. The van der Waals surface area contributed by atoms with Crippen molar-refractivity contribution in [2.45, 2.75) is 12.8 Å². The zero-order valence-corrected chi connectivity index (χ0v) is 9.38. The van der Waals surface area contributed by atoms with Gasteiger partial charge in [-0.15, -0.1) is 0 Å². The topological polar surface area (TPSA) is 61.4 Å². The predicted octanol–water partition coefficient (Wildman–Crippen LogP) is -0.810. The van der Waals surface area contributed by atoms with E-state index in [1.165, 1.54) is 7.05 Å². The van der Waals surface area contributed by atoms with Crippen molar-refractivity contribution >= 4 is 11.8 Å². The van der Waals surface area contributed by atoms with Gasteiger partial charge < -0.3 is 15.5 Å². The molecule has 2 N–H and O–H groups in total. The third-order valence-electron chi connectivity index (χ3n) is 2.82. The predicted molar refractivity (Wildman–Crippen MR) is 57.3 cm³/mol. The molecule has 0 saturated carbocycles. The number of rotatable bonds is 2. The van der Waals surface area contributed by atoms with Crippen molar-refractivity contribution in [1.29, 1.82) is 0 Å². The molecule has 1 fully saturated rings. The van der Waals surface area contributed by atoms with Crippen molar-refractivity contribution in [2.75, 3.05) is 33.7 Å². The summed E-state index contributed by atoms with van der Waals surface area (Å²) in [5.74, 6) is -0.589. The van der Waals surface area contributed by atoms with Gasteiger partial charge in [0.05, 0.1) is 0 Å². The van der Waals surface area contributed by atoms with E-state index in [2.05, 4.69) is 22.6 Å². The number of nitrogens with one attached hydrogen (secondary N) is 2. The van der Waals surface area contributed by atoms with Crippen LogP contribution in [0, 0.1) is 5.92 Å². The summed E-state index contributed by atoms with van der Waals surface area (Å²) >= 11 is 0. The molecule has 0 spiro atoms. The molecule has 1 heterocycles. The fourth-order valence-electron chi connectivity index (χ4n) is 1.70. The van der Waals surface area contributed by atoms with Crippen molar-refractivity contribution in [3.05, 3.63) is 0 Å². The average Bonchev–Trinajstić information content (AvgIpc) is 2.26. The zero-order valence-electron chi connectivity index (χ0n) is 9.38. The van der Waals surface area contributed by atoms with E-state index in [1.54, 1.807) is 0 Å². The Balaban J connectivity index is 2.20. The maximum absolute atomic E-state index is 11.1. The minimum absolute atomic E-state index is 0.509. The van der Waals surface area contributed by atoms with E-state index in [1.807, 2.05) is 0 Å². The van der Waals surface area contributed by atoms with Crippen LogP contribution < -0.4 is 10.6 Å². The first-order chi connectivity index (χ1) is 7.13. The second kappa shape index (κ2) is 5.70. The Morgan fingerprint density at radius 1 is 1.27 bits per heavy atom. The molecular weight excluding hydrogens is 194 g/mol. The Kier molecular flexibility index (Phi) is 4.55. The Morgan fingerprint density at radius 3 is 2.40 bits per heavy atom. The van der Waals surface area contributed by atoms with Crippen LogP contribution in [0.15, 0.2) is 0 Å². The van der Waals surface area contributed by atoms with E-state index < -0.39 is 11.8 Å². The van der Waals surface area contributed by atoms with Gasteiger partial charge in [0.2, 0.25) is 0 Å². The number of likely N-dealkylation sites (tertiary alicyclic amines) is 1. The molecule has 0 aliphatic carbocycles. The molecular formula is C10H19N3O2. The van der Waals surface area contributed by atoms with Crippen molar-refractivity contribution in [2.24, 2.45) is 5.92 Å². The highest BCUT2D eigenvalue weighted by Gasteiger charge is 2.18. The lowest BCUT2D eigenvalue weighted by Gasteiger charge is -2.28. The largest absolute Gasteiger partial charge is 0.351 e. The number of carbonyl (C=O) groups is 2. The maximum atomic E-state index is 11.1. The van der Waals surface area contributed by atoms with Gasteiger partial charge >= 0.3 is 11.8 Å². The second-order valence-corrected chi connectivity index (χ2v) is 4.04. The average molecular weight is 213 g/mol. The van der Waals surface area contributed by atoms with Crippen LogP contribution in [0.3, 0.4) is 0 Å². The summed E-state index contributed by atoms with van der Waals surface area (Å²) < 4.78 is 0. The molecule has 0 aromatic heterocycles. The number of carbonyl (C=O) groups excluding carboxylic acids is 2. The minimum atomic E-state index is -0.567. The van der Waals surface area contributed by atoms with Crippen LogP contribution in [0.1, 0.15) is 12.8 Å². The van der Waals surface area contributed by atoms with Crippen LogP contribution >= 0.6 is 0 Å². The van der Waals surface area contributed by atoms with Crippen LogP contribution in [0.5, 0.6) is 0 Å². The molecule has 1 aliphatic rings. The molecule has 0 radical (unpaired) electrons. The summed E-state index contributed by atoms with van der Waals surface area (Å²) in [5.41, 5.74) is 0. The van der Waals surface area contributed by atoms with Gasteiger partial charge in [-0.25, -0.2) is 0 Å². The number of nitrogens with zero attached hydrogens (tertiary/aromatic N) is 1. The van der Waals surface area contributed by atoms with Crippen LogP contribution in [0.25, 0.3) is 0 Å². The van der Waals surface area contributed by atoms with Gasteiger partial charge in [-0.1, -0.05) is 0 Å². The fourth-order valence-corrected chi connectivity index (χ4v) is 1.70. The van der Waals surface area contributed by atoms with Crippen molar-refractivity contribution in [3.8, 4) is 0 Å². The van der Waals surface area contributed by atoms with Gasteiger partial charge in [0.15, 0.2) is 0 Å². The first kappa shape index (κ1) is 12.0. The molecule has 0 atom stereocenters. The van der Waals surface area contributed by atoms with Crippen LogP contribution in [0.2, 0.25) is 0 Å². The van der Waals surface area contributed by atoms with E-state index in [-0.39, 0.29) is 0 Å². The fraction of sp³-hybridized carbons (Fsp3) is 0.800. The maximum Gasteiger partial charge on any atom is 0.309 e. The Bertz CT molecular complexity index is 235. The highest BCUT2D eigenvalue weighted by Crippen LogP contribution is 2.14. The summed E-state index contributed by atoms with van der Waals surface area (Å²) in [5, 5.41) is 4.95. The molecule has 0 bridgehead atoms. The number of likely N-dealkylation sites (N-methyl/N-ethyl adjacent to an activating group) is 1. The van der Waals surface area contributed by atoms with E-state index in [0.717, 1.165) is 25.9 Å². The van der Waals surface area contributed by atoms with E-state index in [0.29, 0.717) is 12.5 Å². The minimum Gasteiger partial charge on any atom is -0.351 e. The molecule has 2 amide bonds. The zero-order chi connectivity index (χ0) is 11.3. The first-order valence-electron chi connectivity index (χ1n) is 5.32. The summed E-state index contributed by atoms with van der Waals surface area (Å²) in [6, 6.07) is 0. The highest BCUT2D eigenvalue weighted by molar-refractivity contribution is 6.34. The lowest BCUT2D eigenvalue weighted by atomic mass is 9.97. The van der Waals surface area contributed by atoms with Gasteiger partial charge in [-0.05, 0) is 38.9 Å². The molecule has 1 saturated heterocycles. The SMILES string of the molecule is CNC(=O)C(=O)NCC1CCN(C)CC1. The molecule has 1 rings (SSSR count). The summed E-state index contributed by atoms with van der Waals surface area (Å²) in [6.45, 7) is 2.75. The monoisotopic (exact) mass is 213 g/mol. The number of amides is 2. The number of piperidine rings is 1. The van der Waals surface area contributed by atoms with Crippen molar-refractivity contribution in [1.82, 2.24) is 15.5 Å². The van der Waals surface area contributed by atoms with E-state index in [9.17, 15) is 9.59 Å². The van der Waals surface area contributed by atoms with E-state index in [4.69, 9.17) is 0 Å². The van der Waals surface area contributed by atoms with Gasteiger partial charge in [0.1, 0.15) is 0 Å². The smallest absolute Gasteiger partial charge is 0.309 e. The molecule has 1 aliphatic heterocycles. The van der Waals surface area contributed by atoms with E-state index >= 15 is 0 Å². The highest BCUT2D eigenvalue weighted by atomic mass is 16.2. The number of hydrogen-bond acceptors (Lipinski definition) is 3. The molecule has 5 heteroatoms. The summed E-state index contributed by atoms with van der Waals surface area (Å²) in [6.07, 6.45) is 2.18. The molecule has 0 aromatic carbocycles. The normalized spacial score (nSPS) is 18.5. The lowest BCUT2D eigenvalue weighted by molar-refractivity contribution is -0.139. The quantitative estimate of drug-likeness (QED) is 0.590. The van der Waals surface area contributed by atoms with Crippen LogP contribution in [-0.2, 0) is 9.59 Å². The van der Waals surface area contributed by atoms with Crippen molar-refractivity contribution < 1.29 is 9.59 Å². The Hall–Kier alpha value is -1.10. The van der Waals surface area contributed by atoms with Gasteiger partial charge in [-0.2, -0.15) is 0 Å². The number of hydrogen-bond donors (Lipinski definition) is 2. The van der Waals surface area contributed by atoms with Crippen LogP contribution in [-0.4, -0.2) is 50.4 Å². The van der Waals surface area contributed by atoms with Crippen LogP contribution in [0.4, 0.5) is 0 Å². The lowest BCUT2D eigenvalue weighted by Crippen LogP contribution is -2.42. The summed E-state index contributed by atoms with van der Waals surface area (Å²) in [7, 11) is 3.55. The Morgan fingerprint density at radius 2 is 1.87 bits per heavy atom. The van der Waals surface area contributed by atoms with Gasteiger partial charge in [0.25, 0.3) is 0 Å². The molecule has 0 aromatic rings. The molecule has 15 heavy (non-hydrogen) atoms.